The third kappa shape index (κ3) is 7.06. The van der Waals surface area contributed by atoms with E-state index in [-0.39, 0.29) is 5.91 Å². The predicted molar refractivity (Wildman–Crippen MR) is 46.4 cm³/mol. The summed E-state index contributed by atoms with van der Waals surface area (Å²) in [7, 11) is 1.92. The van der Waals surface area contributed by atoms with Crippen molar-refractivity contribution in [2.45, 2.75) is 12.8 Å². The van der Waals surface area contributed by atoms with E-state index in [2.05, 4.69) is 17.2 Å². The van der Waals surface area contributed by atoms with E-state index in [1.165, 1.54) is 6.08 Å². The topological polar surface area (TPSA) is 41.1 Å². The summed E-state index contributed by atoms with van der Waals surface area (Å²) in [5, 5.41) is 5.74. The Kier molecular flexibility index (Phi) is 6.73. The van der Waals surface area contributed by atoms with Gasteiger partial charge in [-0.1, -0.05) is 6.58 Å². The summed E-state index contributed by atoms with van der Waals surface area (Å²) < 4.78 is 0. The molecule has 11 heavy (non-hydrogen) atoms. The van der Waals surface area contributed by atoms with E-state index in [1.807, 2.05) is 7.05 Å². The summed E-state index contributed by atoms with van der Waals surface area (Å²) in [5.41, 5.74) is 0. The van der Waals surface area contributed by atoms with E-state index in [4.69, 9.17) is 0 Å². The van der Waals surface area contributed by atoms with Crippen LogP contribution in [0.25, 0.3) is 0 Å². The SMILES string of the molecule is C=CC(=O)NCCCCNC. The lowest BCUT2D eigenvalue weighted by molar-refractivity contribution is -0.116. The van der Waals surface area contributed by atoms with Gasteiger partial charge in [-0.25, -0.2) is 0 Å². The second-order valence-corrected chi connectivity index (χ2v) is 2.31. The van der Waals surface area contributed by atoms with Gasteiger partial charge in [0, 0.05) is 6.54 Å². The van der Waals surface area contributed by atoms with Crippen molar-refractivity contribution in [3.8, 4) is 0 Å². The molecule has 0 aromatic carbocycles. The summed E-state index contributed by atoms with van der Waals surface area (Å²) in [5.74, 6) is -0.0885. The van der Waals surface area contributed by atoms with Crippen LogP contribution in [0.2, 0.25) is 0 Å². The van der Waals surface area contributed by atoms with Crippen LogP contribution in [0.4, 0.5) is 0 Å². The molecule has 0 saturated heterocycles. The van der Waals surface area contributed by atoms with Gasteiger partial charge in [-0.2, -0.15) is 0 Å². The molecule has 0 spiro atoms. The van der Waals surface area contributed by atoms with Gasteiger partial charge in [-0.3, -0.25) is 4.79 Å². The van der Waals surface area contributed by atoms with Gasteiger partial charge in [0.2, 0.25) is 5.91 Å². The van der Waals surface area contributed by atoms with E-state index in [1.54, 1.807) is 0 Å². The summed E-state index contributed by atoms with van der Waals surface area (Å²) in [6, 6.07) is 0. The van der Waals surface area contributed by atoms with E-state index >= 15 is 0 Å². The van der Waals surface area contributed by atoms with Crippen LogP contribution in [-0.2, 0) is 4.79 Å². The van der Waals surface area contributed by atoms with Crippen molar-refractivity contribution < 1.29 is 4.79 Å². The zero-order chi connectivity index (χ0) is 8.53. The van der Waals surface area contributed by atoms with Gasteiger partial charge < -0.3 is 10.6 Å². The number of hydrogen-bond donors (Lipinski definition) is 2. The Morgan fingerprint density at radius 3 is 2.64 bits per heavy atom. The van der Waals surface area contributed by atoms with Crippen LogP contribution < -0.4 is 10.6 Å². The van der Waals surface area contributed by atoms with Crippen LogP contribution in [0.3, 0.4) is 0 Å². The van der Waals surface area contributed by atoms with Crippen molar-refractivity contribution in [2.75, 3.05) is 20.1 Å². The molecule has 0 fully saturated rings. The Labute approximate surface area is 67.9 Å². The van der Waals surface area contributed by atoms with E-state index < -0.39 is 0 Å². The summed E-state index contributed by atoms with van der Waals surface area (Å²) >= 11 is 0. The maximum Gasteiger partial charge on any atom is 0.243 e. The second kappa shape index (κ2) is 7.28. The molecule has 0 aromatic heterocycles. The third-order valence-electron chi connectivity index (χ3n) is 1.34. The first-order valence-electron chi connectivity index (χ1n) is 3.86. The third-order valence-corrected chi connectivity index (χ3v) is 1.34. The van der Waals surface area contributed by atoms with Gasteiger partial charge in [0.15, 0.2) is 0 Å². The lowest BCUT2D eigenvalue weighted by atomic mass is 10.3. The number of carbonyl (C=O) groups is 1. The zero-order valence-electron chi connectivity index (χ0n) is 7.02. The Morgan fingerprint density at radius 2 is 2.09 bits per heavy atom. The van der Waals surface area contributed by atoms with Gasteiger partial charge in [0.05, 0.1) is 0 Å². The number of hydrogen-bond acceptors (Lipinski definition) is 2. The molecule has 0 aromatic rings. The molecule has 0 radical (unpaired) electrons. The quantitative estimate of drug-likeness (QED) is 0.428. The van der Waals surface area contributed by atoms with Crippen LogP contribution in [-0.4, -0.2) is 26.0 Å². The Bertz CT molecular complexity index is 123. The van der Waals surface area contributed by atoms with Crippen LogP contribution in [0, 0.1) is 0 Å². The first kappa shape index (κ1) is 10.2. The van der Waals surface area contributed by atoms with Gasteiger partial charge in [-0.15, -0.1) is 0 Å². The molecule has 1 amide bonds. The lowest BCUT2D eigenvalue weighted by Gasteiger charge is -2.00. The average molecular weight is 156 g/mol. The highest BCUT2D eigenvalue weighted by Crippen LogP contribution is 1.83. The molecule has 0 heterocycles. The van der Waals surface area contributed by atoms with E-state index in [0.29, 0.717) is 0 Å². The van der Waals surface area contributed by atoms with Gasteiger partial charge in [0.25, 0.3) is 0 Å². The maximum absolute atomic E-state index is 10.6. The largest absolute Gasteiger partial charge is 0.353 e. The molecule has 3 heteroatoms. The highest BCUT2D eigenvalue weighted by atomic mass is 16.1. The standard InChI is InChI=1S/C8H16N2O/c1-3-8(11)10-7-5-4-6-9-2/h3,9H,1,4-7H2,2H3,(H,10,11). The normalized spacial score (nSPS) is 9.18. The van der Waals surface area contributed by atoms with Crippen LogP contribution in [0.5, 0.6) is 0 Å². The fourth-order valence-electron chi connectivity index (χ4n) is 0.711. The van der Waals surface area contributed by atoms with Crippen molar-refractivity contribution in [2.24, 2.45) is 0 Å². The fourth-order valence-corrected chi connectivity index (χ4v) is 0.711. The van der Waals surface area contributed by atoms with Crippen LogP contribution in [0.15, 0.2) is 12.7 Å². The highest BCUT2D eigenvalue weighted by Gasteiger charge is 1.91. The second-order valence-electron chi connectivity index (χ2n) is 2.31. The predicted octanol–water partition coefficient (Wildman–Crippen LogP) is 0.288. The highest BCUT2D eigenvalue weighted by molar-refractivity contribution is 5.86. The number of rotatable bonds is 6. The number of amides is 1. The summed E-state index contributed by atoms with van der Waals surface area (Å²) in [6.45, 7) is 5.10. The van der Waals surface area contributed by atoms with Crippen molar-refractivity contribution in [1.29, 1.82) is 0 Å². The molecule has 0 rings (SSSR count). The van der Waals surface area contributed by atoms with Crippen molar-refractivity contribution >= 4 is 5.91 Å². The number of nitrogens with one attached hydrogen (secondary N) is 2. The molecule has 0 atom stereocenters. The molecule has 0 bridgehead atoms. The minimum absolute atomic E-state index is 0.0885. The monoisotopic (exact) mass is 156 g/mol. The molecule has 0 saturated carbocycles. The summed E-state index contributed by atoms with van der Waals surface area (Å²) in [4.78, 5) is 10.6. The Balaban J connectivity index is 3.01. The number of unbranched alkanes of at least 4 members (excludes halogenated alkanes) is 1. The first-order chi connectivity index (χ1) is 5.31. The van der Waals surface area contributed by atoms with Crippen molar-refractivity contribution in [3.63, 3.8) is 0 Å². The molecule has 2 N–H and O–H groups in total. The fraction of sp³-hybridized carbons (Fsp3) is 0.625. The smallest absolute Gasteiger partial charge is 0.243 e. The molecular weight excluding hydrogens is 140 g/mol. The van der Waals surface area contributed by atoms with Crippen LogP contribution >= 0.6 is 0 Å². The van der Waals surface area contributed by atoms with Gasteiger partial charge >= 0.3 is 0 Å². The van der Waals surface area contributed by atoms with Gasteiger partial charge in [0.1, 0.15) is 0 Å². The molecule has 0 aliphatic heterocycles. The lowest BCUT2D eigenvalue weighted by Crippen LogP contribution is -2.22. The first-order valence-corrected chi connectivity index (χ1v) is 3.86. The minimum Gasteiger partial charge on any atom is -0.353 e. The molecule has 0 aliphatic carbocycles. The van der Waals surface area contributed by atoms with Gasteiger partial charge in [-0.05, 0) is 32.5 Å². The molecule has 0 aliphatic rings. The molecule has 0 unspecified atom stereocenters. The Morgan fingerprint density at radius 1 is 1.45 bits per heavy atom. The van der Waals surface area contributed by atoms with Crippen LogP contribution in [0.1, 0.15) is 12.8 Å². The molecule has 64 valence electrons. The average Bonchev–Trinajstić information content (AvgIpc) is 2.04. The molecule has 3 nitrogen and oxygen atoms in total. The molecular formula is C8H16N2O. The zero-order valence-corrected chi connectivity index (χ0v) is 7.02. The number of carbonyl (C=O) groups excluding carboxylic acids is 1. The minimum atomic E-state index is -0.0885. The van der Waals surface area contributed by atoms with E-state index in [0.717, 1.165) is 25.9 Å². The summed E-state index contributed by atoms with van der Waals surface area (Å²) in [6.07, 6.45) is 3.40. The van der Waals surface area contributed by atoms with E-state index in [9.17, 15) is 4.79 Å². The Hall–Kier alpha value is -0.830. The van der Waals surface area contributed by atoms with Crippen molar-refractivity contribution in [3.05, 3.63) is 12.7 Å². The maximum atomic E-state index is 10.6. The van der Waals surface area contributed by atoms with Crippen molar-refractivity contribution in [1.82, 2.24) is 10.6 Å².